The van der Waals surface area contributed by atoms with Gasteiger partial charge in [0.15, 0.2) is 0 Å². The van der Waals surface area contributed by atoms with Crippen LogP contribution in [0.4, 0.5) is 0 Å². The molecule has 3 atom stereocenters. The van der Waals surface area contributed by atoms with Crippen molar-refractivity contribution in [2.45, 2.75) is 180 Å². The smallest absolute Gasteiger partial charge is 0.267 e. The van der Waals surface area contributed by atoms with Gasteiger partial charge in [0.05, 0.1) is 17.9 Å². The average Bonchev–Trinajstić information content (AvgIpc) is 2.94. The monoisotopic (exact) mass is 615 g/mol. The second-order valence-corrected chi connectivity index (χ2v) is 13.4. The first kappa shape index (κ1) is 40.8. The summed E-state index contributed by atoms with van der Waals surface area (Å²) in [4.78, 5) is 12.5. The van der Waals surface area contributed by atoms with E-state index in [0.717, 1.165) is 44.9 Å². The van der Waals surface area contributed by atoms with Crippen molar-refractivity contribution >= 4 is 16.0 Å². The first-order valence-corrected chi connectivity index (χ1v) is 18.8. The van der Waals surface area contributed by atoms with Gasteiger partial charge in [-0.2, -0.15) is 8.42 Å². The van der Waals surface area contributed by atoms with E-state index in [-0.39, 0.29) is 6.42 Å². The molecule has 248 valence electrons. The largest absolute Gasteiger partial charge is 0.387 e. The van der Waals surface area contributed by atoms with Crippen LogP contribution >= 0.6 is 0 Å². The zero-order chi connectivity index (χ0) is 31.3. The maximum Gasteiger partial charge on any atom is 0.267 e. The molecule has 0 aromatic carbocycles. The van der Waals surface area contributed by atoms with Crippen molar-refractivity contribution in [2.24, 2.45) is 0 Å². The summed E-state index contributed by atoms with van der Waals surface area (Å²) in [5.41, 5.74) is 0. The number of carbonyl (C=O) groups is 1. The Kier molecular flexibility index (Phi) is 27.7. The number of carbonyl (C=O) groups excluding carboxylic acids is 1. The van der Waals surface area contributed by atoms with Gasteiger partial charge < -0.3 is 15.5 Å². The summed E-state index contributed by atoms with van der Waals surface area (Å²) in [6.07, 6.45) is 31.2. The molecule has 0 saturated heterocycles. The van der Waals surface area contributed by atoms with E-state index in [4.69, 9.17) is 0 Å². The molecule has 0 heterocycles. The maximum atomic E-state index is 12.5. The molecule has 0 aliphatic rings. The molecule has 3 unspecified atom stereocenters. The van der Waals surface area contributed by atoms with E-state index in [2.05, 4.69) is 31.3 Å². The van der Waals surface area contributed by atoms with Gasteiger partial charge in [-0.15, -0.1) is 0 Å². The fourth-order valence-corrected chi connectivity index (χ4v) is 5.78. The molecule has 0 aromatic rings. The molecular formula is C34H65NO6S. The fourth-order valence-electron chi connectivity index (χ4n) is 5.05. The Morgan fingerprint density at radius 3 is 1.55 bits per heavy atom. The topological polar surface area (TPSA) is 124 Å². The van der Waals surface area contributed by atoms with Crippen LogP contribution in [-0.4, -0.2) is 53.1 Å². The highest BCUT2D eigenvalue weighted by atomic mass is 32.2. The number of rotatable bonds is 30. The highest BCUT2D eigenvalue weighted by Gasteiger charge is 2.27. The highest BCUT2D eigenvalue weighted by molar-refractivity contribution is 7.85. The molecule has 0 aliphatic heterocycles. The second-order valence-electron chi connectivity index (χ2n) is 11.9. The van der Waals surface area contributed by atoms with Gasteiger partial charge in [0.25, 0.3) is 10.1 Å². The number of allylic oxidation sites excluding steroid dienone is 3. The normalized spacial score (nSPS) is 14.5. The Labute approximate surface area is 258 Å². The Bertz CT molecular complexity index is 783. The lowest BCUT2D eigenvalue weighted by Gasteiger charge is -2.22. The third-order valence-electron chi connectivity index (χ3n) is 7.74. The molecule has 0 spiro atoms. The van der Waals surface area contributed by atoms with Gasteiger partial charge in [-0.25, -0.2) is 0 Å². The van der Waals surface area contributed by atoms with Crippen molar-refractivity contribution in [3.05, 3.63) is 24.3 Å². The molecule has 0 aliphatic carbocycles. The van der Waals surface area contributed by atoms with Crippen LogP contribution in [0.25, 0.3) is 0 Å². The van der Waals surface area contributed by atoms with Crippen LogP contribution in [0.5, 0.6) is 0 Å². The van der Waals surface area contributed by atoms with Gasteiger partial charge in [0, 0.05) is 0 Å². The number of aliphatic hydroxyl groups is 2. The first-order valence-electron chi connectivity index (χ1n) is 17.1. The first-order chi connectivity index (χ1) is 20.2. The molecule has 7 nitrogen and oxygen atoms in total. The second kappa shape index (κ2) is 28.5. The van der Waals surface area contributed by atoms with Crippen LogP contribution in [-0.2, 0) is 14.9 Å². The van der Waals surface area contributed by atoms with Gasteiger partial charge in [0.2, 0.25) is 5.91 Å². The summed E-state index contributed by atoms with van der Waals surface area (Å²) < 4.78 is 32.2. The molecule has 42 heavy (non-hydrogen) atoms. The molecular weight excluding hydrogens is 550 g/mol. The van der Waals surface area contributed by atoms with Crippen molar-refractivity contribution in [1.29, 1.82) is 0 Å². The number of aliphatic hydroxyl groups excluding tert-OH is 2. The van der Waals surface area contributed by atoms with Crippen LogP contribution in [0.3, 0.4) is 0 Å². The lowest BCUT2D eigenvalue weighted by Crippen LogP contribution is -2.50. The summed E-state index contributed by atoms with van der Waals surface area (Å²) in [6, 6.07) is -1.24. The Morgan fingerprint density at radius 2 is 1.07 bits per heavy atom. The van der Waals surface area contributed by atoms with Gasteiger partial charge in [-0.05, 0) is 25.7 Å². The van der Waals surface area contributed by atoms with Gasteiger partial charge in [-0.1, -0.05) is 160 Å². The van der Waals surface area contributed by atoms with E-state index in [1.54, 1.807) is 6.08 Å². The fraction of sp³-hybridized carbons (Fsp3) is 0.853. The molecule has 4 N–H and O–H groups in total. The lowest BCUT2D eigenvalue weighted by atomic mass is 10.0. The van der Waals surface area contributed by atoms with Crippen molar-refractivity contribution in [1.82, 2.24) is 5.32 Å². The van der Waals surface area contributed by atoms with Crippen molar-refractivity contribution in [3.8, 4) is 0 Å². The summed E-state index contributed by atoms with van der Waals surface area (Å²) >= 11 is 0. The third kappa shape index (κ3) is 27.6. The Hall–Kier alpha value is -1.22. The minimum atomic E-state index is -4.43. The SMILES string of the molecule is CCCC/C=C/CC/C=C/C(O)C(CS(=O)(=O)O)NC(=O)C(O)CCCCCCCCCCCCCCCCCCC. The quantitative estimate of drug-likeness (QED) is 0.0367. The van der Waals surface area contributed by atoms with Gasteiger partial charge in [-0.3, -0.25) is 9.35 Å². The van der Waals surface area contributed by atoms with Gasteiger partial charge >= 0.3 is 0 Å². The zero-order valence-electron chi connectivity index (χ0n) is 27.0. The standard InChI is InChI=1S/C34H65NO6S/c1-3-5-7-9-11-13-14-15-16-17-18-19-20-21-23-25-27-29-33(37)34(38)35-31(30-42(39,40)41)32(36)28-26-24-22-12-10-8-6-4-2/h10,12,26,28,31-33,36-37H,3-9,11,13-25,27,29-30H2,1-2H3,(H,35,38)(H,39,40,41)/b12-10+,28-26+. The molecule has 0 aromatic heterocycles. The number of nitrogens with one attached hydrogen (secondary N) is 1. The Morgan fingerprint density at radius 1 is 0.643 bits per heavy atom. The molecule has 0 saturated carbocycles. The van der Waals surface area contributed by atoms with Crippen LogP contribution < -0.4 is 5.32 Å². The van der Waals surface area contributed by atoms with Crippen LogP contribution in [0.1, 0.15) is 162 Å². The molecule has 0 radical (unpaired) electrons. The molecule has 0 bridgehead atoms. The van der Waals surface area contributed by atoms with Crippen LogP contribution in [0.2, 0.25) is 0 Å². The van der Waals surface area contributed by atoms with E-state index in [1.807, 2.05) is 0 Å². The highest BCUT2D eigenvalue weighted by Crippen LogP contribution is 2.15. The number of hydrogen-bond donors (Lipinski definition) is 4. The Balaban J connectivity index is 4.04. The maximum absolute atomic E-state index is 12.5. The predicted octanol–water partition coefficient (Wildman–Crippen LogP) is 8.21. The van der Waals surface area contributed by atoms with Crippen LogP contribution in [0, 0.1) is 0 Å². The summed E-state index contributed by atoms with van der Waals surface area (Å²) in [7, 11) is -4.43. The summed E-state index contributed by atoms with van der Waals surface area (Å²) in [5.74, 6) is -1.56. The van der Waals surface area contributed by atoms with Crippen molar-refractivity contribution in [3.63, 3.8) is 0 Å². The minimum Gasteiger partial charge on any atom is -0.387 e. The molecule has 1 amide bonds. The van der Waals surface area contributed by atoms with E-state index >= 15 is 0 Å². The molecule has 8 heteroatoms. The molecule has 0 rings (SSSR count). The zero-order valence-corrected chi connectivity index (χ0v) is 27.8. The number of hydrogen-bond acceptors (Lipinski definition) is 5. The lowest BCUT2D eigenvalue weighted by molar-refractivity contribution is -0.130. The van der Waals surface area contributed by atoms with Crippen molar-refractivity contribution < 1.29 is 28.0 Å². The van der Waals surface area contributed by atoms with Crippen LogP contribution in [0.15, 0.2) is 24.3 Å². The number of amides is 1. The average molecular weight is 616 g/mol. The summed E-state index contributed by atoms with van der Waals surface area (Å²) in [5, 5.41) is 23.1. The minimum absolute atomic E-state index is 0.277. The van der Waals surface area contributed by atoms with E-state index in [1.165, 1.54) is 89.5 Å². The van der Waals surface area contributed by atoms with Gasteiger partial charge in [0.1, 0.15) is 6.10 Å². The van der Waals surface area contributed by atoms with E-state index in [9.17, 15) is 28.0 Å². The predicted molar refractivity (Wildman–Crippen MR) is 176 cm³/mol. The molecule has 0 fully saturated rings. The van der Waals surface area contributed by atoms with E-state index < -0.39 is 40.0 Å². The van der Waals surface area contributed by atoms with Crippen molar-refractivity contribution in [2.75, 3.05) is 5.75 Å². The number of unbranched alkanes of at least 4 members (excludes halogenated alkanes) is 19. The van der Waals surface area contributed by atoms with E-state index in [0.29, 0.717) is 12.8 Å². The third-order valence-corrected chi connectivity index (χ3v) is 8.52. The summed E-state index contributed by atoms with van der Waals surface area (Å²) in [6.45, 7) is 4.40.